The third-order valence-corrected chi connectivity index (χ3v) is 10.2. The highest BCUT2D eigenvalue weighted by Crippen LogP contribution is 2.33. The van der Waals surface area contributed by atoms with Gasteiger partial charge in [-0.3, -0.25) is 14.4 Å². The van der Waals surface area contributed by atoms with Gasteiger partial charge in [0.1, 0.15) is 11.6 Å². The van der Waals surface area contributed by atoms with Crippen molar-refractivity contribution >= 4 is 45.2 Å². The molecule has 2 saturated heterocycles. The molecule has 2 aliphatic heterocycles. The molecule has 3 aromatic heterocycles. The number of halogens is 1. The number of ether oxygens (including phenoxy) is 1. The van der Waals surface area contributed by atoms with E-state index in [-0.39, 0.29) is 11.5 Å². The molecule has 0 unspecified atom stereocenters. The van der Waals surface area contributed by atoms with Crippen LogP contribution in [0, 0.1) is 18.7 Å². The zero-order valence-electron chi connectivity index (χ0n) is 27.8. The number of likely N-dealkylation sites (tertiary alicyclic amines) is 1. The zero-order valence-corrected chi connectivity index (χ0v) is 27.8. The lowest BCUT2D eigenvalue weighted by molar-refractivity contribution is 0.0600. The highest BCUT2D eigenvalue weighted by atomic mass is 19.1. The molecule has 250 valence electrons. The molecule has 1 amide bonds. The number of amides is 1. The van der Waals surface area contributed by atoms with Gasteiger partial charge < -0.3 is 19.9 Å². The fourth-order valence-corrected chi connectivity index (χ4v) is 7.44. The van der Waals surface area contributed by atoms with Crippen molar-refractivity contribution in [1.82, 2.24) is 24.6 Å². The molecule has 0 aliphatic carbocycles. The predicted molar refractivity (Wildman–Crippen MR) is 185 cm³/mol. The van der Waals surface area contributed by atoms with Crippen molar-refractivity contribution in [2.24, 2.45) is 5.92 Å². The van der Waals surface area contributed by atoms with Crippen LogP contribution >= 0.6 is 0 Å². The molecule has 2 aromatic carbocycles. The topological polar surface area (TPSA) is 108 Å². The van der Waals surface area contributed by atoms with Crippen LogP contribution in [0.3, 0.4) is 0 Å². The number of carbonyl (C=O) groups is 2. The third-order valence-electron chi connectivity index (χ3n) is 10.2. The highest BCUT2D eigenvalue weighted by Gasteiger charge is 2.25. The van der Waals surface area contributed by atoms with Gasteiger partial charge in [-0.25, -0.2) is 14.2 Å². The zero-order chi connectivity index (χ0) is 33.4. The molecule has 7 rings (SSSR count). The molecule has 0 radical (unpaired) electrons. The number of methoxy groups -OCH3 is 1. The van der Waals surface area contributed by atoms with Gasteiger partial charge >= 0.3 is 5.97 Å². The second kappa shape index (κ2) is 13.4. The lowest BCUT2D eigenvalue weighted by atomic mass is 9.92. The van der Waals surface area contributed by atoms with Crippen LogP contribution in [0.4, 0.5) is 15.9 Å². The molecule has 0 spiro atoms. The van der Waals surface area contributed by atoms with E-state index in [1.54, 1.807) is 12.1 Å². The monoisotopic (exact) mass is 651 g/mol. The maximum atomic E-state index is 14.8. The number of piperidine rings is 1. The van der Waals surface area contributed by atoms with E-state index >= 15 is 0 Å². The molecule has 5 aromatic rings. The lowest BCUT2D eigenvalue weighted by Gasteiger charge is -2.34. The van der Waals surface area contributed by atoms with Crippen LogP contribution in [-0.4, -0.2) is 70.3 Å². The van der Waals surface area contributed by atoms with E-state index in [9.17, 15) is 14.0 Å². The number of aromatic amines is 1. The number of fused-ring (bicyclic) bond motifs is 2. The van der Waals surface area contributed by atoms with E-state index in [1.165, 1.54) is 25.3 Å². The van der Waals surface area contributed by atoms with Gasteiger partial charge in [0.2, 0.25) is 0 Å². The lowest BCUT2D eigenvalue weighted by Crippen LogP contribution is -2.34. The Morgan fingerprint density at radius 2 is 1.85 bits per heavy atom. The Hall–Kier alpha value is -4.77. The fourth-order valence-electron chi connectivity index (χ4n) is 7.44. The van der Waals surface area contributed by atoms with Crippen LogP contribution in [0.15, 0.2) is 54.7 Å². The minimum atomic E-state index is -0.539. The van der Waals surface area contributed by atoms with Crippen LogP contribution in [0.2, 0.25) is 0 Å². The predicted octanol–water partition coefficient (Wildman–Crippen LogP) is 6.86. The van der Waals surface area contributed by atoms with Gasteiger partial charge in [0.15, 0.2) is 0 Å². The van der Waals surface area contributed by atoms with Crippen molar-refractivity contribution in [2.45, 2.75) is 58.0 Å². The number of aryl methyl sites for hydroxylation is 2. The summed E-state index contributed by atoms with van der Waals surface area (Å²) < 4.78 is 21.5. The minimum absolute atomic E-state index is 0.209. The molecule has 2 fully saturated rings. The van der Waals surface area contributed by atoms with Crippen molar-refractivity contribution in [1.29, 1.82) is 0 Å². The Kier molecular flexibility index (Phi) is 8.87. The Labute approximate surface area is 279 Å². The molecule has 48 heavy (non-hydrogen) atoms. The van der Waals surface area contributed by atoms with E-state index in [1.807, 2.05) is 42.1 Å². The van der Waals surface area contributed by atoms with E-state index in [4.69, 9.17) is 9.84 Å². The summed E-state index contributed by atoms with van der Waals surface area (Å²) in [6, 6.07) is 14.7. The maximum absolute atomic E-state index is 14.8. The molecular weight excluding hydrogens is 609 g/mol. The summed E-state index contributed by atoms with van der Waals surface area (Å²) in [5.41, 5.74) is 5.34. The molecule has 0 bridgehead atoms. The molecule has 10 nitrogen and oxygen atoms in total. The van der Waals surface area contributed by atoms with Crippen LogP contribution in [0.5, 0.6) is 0 Å². The average molecular weight is 652 g/mol. The summed E-state index contributed by atoms with van der Waals surface area (Å²) in [7, 11) is 3.45. The molecule has 0 saturated carbocycles. The van der Waals surface area contributed by atoms with Crippen LogP contribution in [0.25, 0.3) is 21.8 Å². The number of pyridine rings is 1. The summed E-state index contributed by atoms with van der Waals surface area (Å²) in [6.07, 6.45) is 8.10. The standard InChI is InChI=1S/C37H42FN7O3/c1-23-28-10-8-25(36(46)41-35-21-30-27(22-39-35)19-31(40-30)33-7-5-14-43(33)2)20-34(28)45(42-23)15-4-6-24-12-16-44(17-13-24)32-11-9-26(18-29(32)38)37(47)48-3/h8-11,18-22,24,33,40H,4-7,12-17H2,1-3H3,(H,39,41,46)/t33-/m1/s1. The van der Waals surface area contributed by atoms with Crippen LogP contribution in [-0.2, 0) is 11.3 Å². The van der Waals surface area contributed by atoms with Crippen molar-refractivity contribution in [3.05, 3.63) is 83.1 Å². The SMILES string of the molecule is COC(=O)c1ccc(N2CCC(CCCn3nc(C)c4ccc(C(=O)Nc5cc6[nH]c([C@H]7CCCN7C)cc6cn5)cc43)CC2)c(F)c1. The summed E-state index contributed by atoms with van der Waals surface area (Å²) in [5.74, 6) is -0.0909. The van der Waals surface area contributed by atoms with Gasteiger partial charge in [-0.05, 0) is 101 Å². The quantitative estimate of drug-likeness (QED) is 0.168. The van der Waals surface area contributed by atoms with Gasteiger partial charge in [-0.15, -0.1) is 0 Å². The number of aromatic nitrogens is 4. The second-order valence-corrected chi connectivity index (χ2v) is 13.2. The number of nitrogens with one attached hydrogen (secondary N) is 2. The first-order chi connectivity index (χ1) is 23.3. The first-order valence-electron chi connectivity index (χ1n) is 16.9. The number of carbonyl (C=O) groups excluding carboxylic acids is 2. The Morgan fingerprint density at radius 1 is 1.04 bits per heavy atom. The van der Waals surface area contributed by atoms with E-state index in [0.29, 0.717) is 29.0 Å². The Bertz CT molecular complexity index is 1980. The van der Waals surface area contributed by atoms with Crippen LogP contribution in [0.1, 0.15) is 76.7 Å². The van der Waals surface area contributed by atoms with E-state index in [2.05, 4.69) is 38.2 Å². The number of benzene rings is 2. The first kappa shape index (κ1) is 31.8. The smallest absolute Gasteiger partial charge is 0.337 e. The number of hydrogen-bond donors (Lipinski definition) is 2. The Morgan fingerprint density at radius 3 is 2.60 bits per heavy atom. The molecule has 2 N–H and O–H groups in total. The summed E-state index contributed by atoms with van der Waals surface area (Å²) in [5, 5.41) is 9.86. The Balaban J connectivity index is 0.958. The van der Waals surface area contributed by atoms with Gasteiger partial charge in [0.25, 0.3) is 5.91 Å². The average Bonchev–Trinajstić information content (AvgIpc) is 3.80. The van der Waals surface area contributed by atoms with Crippen LogP contribution < -0.4 is 10.2 Å². The number of nitrogens with zero attached hydrogens (tertiary/aromatic N) is 5. The normalized spacial score (nSPS) is 17.4. The van der Waals surface area contributed by atoms with Gasteiger partial charge in [-0.2, -0.15) is 5.10 Å². The van der Waals surface area contributed by atoms with Crippen molar-refractivity contribution in [3.63, 3.8) is 0 Å². The summed E-state index contributed by atoms with van der Waals surface area (Å²) >= 11 is 0. The maximum Gasteiger partial charge on any atom is 0.337 e. The highest BCUT2D eigenvalue weighted by molar-refractivity contribution is 6.06. The van der Waals surface area contributed by atoms with E-state index < -0.39 is 11.8 Å². The second-order valence-electron chi connectivity index (χ2n) is 13.2. The largest absolute Gasteiger partial charge is 0.465 e. The third kappa shape index (κ3) is 6.38. The summed E-state index contributed by atoms with van der Waals surface area (Å²) in [4.78, 5) is 37.6. The van der Waals surface area contributed by atoms with Crippen molar-refractivity contribution in [2.75, 3.05) is 44.0 Å². The summed E-state index contributed by atoms with van der Waals surface area (Å²) in [6.45, 7) is 5.39. The number of anilines is 2. The van der Waals surface area contributed by atoms with Gasteiger partial charge in [0.05, 0.1) is 35.1 Å². The van der Waals surface area contributed by atoms with Gasteiger partial charge in [-0.1, -0.05) is 6.07 Å². The molecular formula is C37H42FN7O3. The first-order valence-corrected chi connectivity index (χ1v) is 16.9. The number of hydrogen-bond acceptors (Lipinski definition) is 7. The molecule has 1 atom stereocenters. The minimum Gasteiger partial charge on any atom is -0.465 e. The number of H-pyrrole nitrogens is 1. The number of esters is 1. The number of rotatable bonds is 9. The van der Waals surface area contributed by atoms with Crippen molar-refractivity contribution in [3.8, 4) is 0 Å². The molecule has 5 heterocycles. The molecule has 2 aliphatic rings. The van der Waals surface area contributed by atoms with E-state index in [0.717, 1.165) is 85.8 Å². The molecule has 11 heteroatoms. The fraction of sp³-hybridized carbons (Fsp3) is 0.405. The van der Waals surface area contributed by atoms with Crippen molar-refractivity contribution < 1.29 is 18.7 Å². The van der Waals surface area contributed by atoms with Gasteiger partial charge in [0, 0.05) is 60.0 Å².